The van der Waals surface area contributed by atoms with Gasteiger partial charge in [-0.2, -0.15) is 13.2 Å². The minimum absolute atomic E-state index is 0.168. The number of hydrogen-bond acceptors (Lipinski definition) is 4. The molecule has 0 bridgehead atoms. The molecule has 0 saturated heterocycles. The van der Waals surface area contributed by atoms with Gasteiger partial charge >= 0.3 is 6.18 Å². The summed E-state index contributed by atoms with van der Waals surface area (Å²) >= 11 is 0. The predicted octanol–water partition coefficient (Wildman–Crippen LogP) is 4.50. The van der Waals surface area contributed by atoms with Gasteiger partial charge in [-0.25, -0.2) is 12.4 Å². The fraction of sp³-hybridized carbons (Fsp3) is 0.150. The van der Waals surface area contributed by atoms with Gasteiger partial charge in [-0.3, -0.25) is 4.98 Å². The number of rotatable bonds is 6. The van der Waals surface area contributed by atoms with Crippen LogP contribution in [0.4, 0.5) is 18.9 Å². The van der Waals surface area contributed by atoms with E-state index in [0.717, 1.165) is 17.8 Å². The zero-order valence-corrected chi connectivity index (χ0v) is 16.2. The van der Waals surface area contributed by atoms with Crippen LogP contribution in [0.2, 0.25) is 0 Å². The van der Waals surface area contributed by atoms with Crippen molar-refractivity contribution in [2.24, 2.45) is 0 Å². The van der Waals surface area contributed by atoms with Crippen LogP contribution in [0.3, 0.4) is 0 Å². The van der Waals surface area contributed by atoms with Crippen molar-refractivity contribution in [1.82, 2.24) is 8.96 Å². The number of hydrogen-bond donors (Lipinski definition) is 1. The van der Waals surface area contributed by atoms with Crippen LogP contribution < -0.4 is 5.32 Å². The molecule has 0 aliphatic rings. The van der Waals surface area contributed by atoms with Crippen LogP contribution in [-0.4, -0.2) is 30.2 Å². The van der Waals surface area contributed by atoms with Crippen molar-refractivity contribution in [3.8, 4) is 11.3 Å². The highest BCUT2D eigenvalue weighted by molar-refractivity contribution is 7.90. The first-order valence-electron chi connectivity index (χ1n) is 8.58. The third-order valence-electron chi connectivity index (χ3n) is 4.15. The third kappa shape index (κ3) is 4.86. The Kier molecular flexibility index (Phi) is 5.78. The molecular formula is C20H18F3N3O2S. The molecule has 0 fully saturated rings. The van der Waals surface area contributed by atoms with Crippen molar-refractivity contribution in [2.75, 3.05) is 18.1 Å². The van der Waals surface area contributed by atoms with Crippen molar-refractivity contribution >= 4 is 21.8 Å². The second-order valence-electron chi connectivity index (χ2n) is 6.21. The average molecular weight is 421 g/mol. The molecule has 0 radical (unpaired) electrons. The topological polar surface area (TPSA) is 64.0 Å². The van der Waals surface area contributed by atoms with E-state index in [9.17, 15) is 21.6 Å². The molecule has 0 aliphatic heterocycles. The van der Waals surface area contributed by atoms with Gasteiger partial charge < -0.3 is 5.32 Å². The fourth-order valence-corrected chi connectivity index (χ4v) is 3.95. The van der Waals surface area contributed by atoms with Crippen LogP contribution in [-0.2, 0) is 16.2 Å². The lowest BCUT2D eigenvalue weighted by atomic mass is 10.2. The number of benzene rings is 1. The molecule has 3 rings (SSSR count). The second-order valence-corrected chi connectivity index (χ2v) is 8.10. The quantitative estimate of drug-likeness (QED) is 0.637. The molecule has 3 aromatic rings. The number of aromatic nitrogens is 2. The van der Waals surface area contributed by atoms with E-state index < -0.39 is 21.8 Å². The first-order chi connectivity index (χ1) is 13.7. The highest BCUT2D eigenvalue weighted by atomic mass is 32.2. The van der Waals surface area contributed by atoms with Crippen LogP contribution >= 0.6 is 0 Å². The maximum Gasteiger partial charge on any atom is 0.417 e. The van der Waals surface area contributed by atoms with Crippen LogP contribution in [0.25, 0.3) is 17.3 Å². The van der Waals surface area contributed by atoms with Gasteiger partial charge in [0.15, 0.2) is 0 Å². The van der Waals surface area contributed by atoms with Gasteiger partial charge in [-0.05, 0) is 23.3 Å². The smallest absolute Gasteiger partial charge is 0.387 e. The molecule has 0 atom stereocenters. The Labute approximate surface area is 166 Å². The molecule has 2 heterocycles. The molecule has 0 aliphatic carbocycles. The maximum absolute atomic E-state index is 12.9. The SMILES string of the molecule is CNc1cc(-c2ccccc2)n(S(=O)(=O)CC=Cc2cncc(C(F)(F)F)c2)c1. The molecule has 0 amide bonds. The molecule has 0 spiro atoms. The van der Waals surface area contributed by atoms with Crippen molar-refractivity contribution in [3.05, 3.63) is 78.3 Å². The molecule has 2 aromatic heterocycles. The van der Waals surface area contributed by atoms with Gasteiger partial charge in [0.2, 0.25) is 10.0 Å². The lowest BCUT2D eigenvalue weighted by Crippen LogP contribution is -2.15. The molecule has 0 saturated carbocycles. The van der Waals surface area contributed by atoms with E-state index in [4.69, 9.17) is 0 Å². The standard InChI is InChI=1S/C20H18F3N3O2S/c1-24-18-11-19(16-7-3-2-4-8-16)26(14-18)29(27,28)9-5-6-15-10-17(13-25-12-15)20(21,22)23/h2-8,10-14,24H,9H2,1H3. The molecular weight excluding hydrogens is 403 g/mol. The Morgan fingerprint density at radius 3 is 2.52 bits per heavy atom. The number of halogens is 3. The Bertz CT molecular complexity index is 1120. The molecule has 5 nitrogen and oxygen atoms in total. The summed E-state index contributed by atoms with van der Waals surface area (Å²) in [4.78, 5) is 3.56. The molecule has 152 valence electrons. The summed E-state index contributed by atoms with van der Waals surface area (Å²) in [5, 5.41) is 2.91. The normalized spacial score (nSPS) is 12.4. The van der Waals surface area contributed by atoms with Gasteiger partial charge in [0, 0.05) is 25.6 Å². The summed E-state index contributed by atoms with van der Waals surface area (Å²) in [5.74, 6) is -0.388. The lowest BCUT2D eigenvalue weighted by Gasteiger charge is -2.09. The number of nitrogens with zero attached hydrogens (tertiary/aromatic N) is 2. The monoisotopic (exact) mass is 421 g/mol. The average Bonchev–Trinajstić information content (AvgIpc) is 3.14. The largest absolute Gasteiger partial charge is 0.417 e. The minimum Gasteiger partial charge on any atom is -0.387 e. The van der Waals surface area contributed by atoms with E-state index in [1.54, 1.807) is 37.4 Å². The molecule has 0 unspecified atom stereocenters. The predicted molar refractivity (Wildman–Crippen MR) is 107 cm³/mol. The van der Waals surface area contributed by atoms with Crippen molar-refractivity contribution in [2.45, 2.75) is 6.18 Å². The lowest BCUT2D eigenvalue weighted by molar-refractivity contribution is -0.137. The maximum atomic E-state index is 12.9. The first kappa shape index (κ1) is 20.7. The summed E-state index contributed by atoms with van der Waals surface area (Å²) in [6.45, 7) is 0. The van der Waals surface area contributed by atoms with Crippen LogP contribution in [0.5, 0.6) is 0 Å². The van der Waals surface area contributed by atoms with Gasteiger partial charge in [0.1, 0.15) is 0 Å². The van der Waals surface area contributed by atoms with Crippen LogP contribution in [0.1, 0.15) is 11.1 Å². The van der Waals surface area contributed by atoms with Crippen LogP contribution in [0.15, 0.2) is 67.1 Å². The summed E-state index contributed by atoms with van der Waals surface area (Å²) < 4.78 is 65.2. The first-order valence-corrected chi connectivity index (χ1v) is 10.2. The Morgan fingerprint density at radius 1 is 1.14 bits per heavy atom. The zero-order valence-electron chi connectivity index (χ0n) is 15.4. The van der Waals surface area contributed by atoms with Gasteiger partial charge in [0.05, 0.1) is 22.7 Å². The Hall–Kier alpha value is -3.07. The Balaban J connectivity index is 1.87. The third-order valence-corrected chi connectivity index (χ3v) is 5.66. The molecule has 1 N–H and O–H groups in total. The van der Waals surface area contributed by atoms with Crippen LogP contribution in [0, 0.1) is 0 Å². The molecule has 9 heteroatoms. The Morgan fingerprint density at radius 2 is 1.86 bits per heavy atom. The van der Waals surface area contributed by atoms with E-state index in [-0.39, 0.29) is 11.3 Å². The van der Waals surface area contributed by atoms with E-state index in [2.05, 4.69) is 10.3 Å². The van der Waals surface area contributed by atoms with Gasteiger partial charge in [0.25, 0.3) is 0 Å². The number of alkyl halides is 3. The summed E-state index contributed by atoms with van der Waals surface area (Å²) in [6, 6.07) is 11.7. The highest BCUT2D eigenvalue weighted by Gasteiger charge is 2.30. The van der Waals surface area contributed by atoms with Crippen molar-refractivity contribution in [1.29, 1.82) is 0 Å². The second kappa shape index (κ2) is 8.12. The molecule has 29 heavy (non-hydrogen) atoms. The van der Waals surface area contributed by atoms with Crippen molar-refractivity contribution < 1.29 is 21.6 Å². The van der Waals surface area contributed by atoms with Gasteiger partial charge in [-0.15, -0.1) is 0 Å². The summed E-state index contributed by atoms with van der Waals surface area (Å²) in [7, 11) is -2.11. The van der Waals surface area contributed by atoms with Gasteiger partial charge in [-0.1, -0.05) is 42.5 Å². The summed E-state index contributed by atoms with van der Waals surface area (Å²) in [6.07, 6.45) is 1.53. The van der Waals surface area contributed by atoms with E-state index in [1.807, 2.05) is 6.07 Å². The van der Waals surface area contributed by atoms with E-state index in [1.165, 1.54) is 28.5 Å². The van der Waals surface area contributed by atoms with E-state index in [0.29, 0.717) is 11.4 Å². The van der Waals surface area contributed by atoms with E-state index >= 15 is 0 Å². The fourth-order valence-electron chi connectivity index (χ4n) is 2.72. The number of pyridine rings is 1. The minimum atomic E-state index is -4.51. The number of nitrogens with one attached hydrogen (secondary N) is 1. The zero-order chi connectivity index (χ0) is 21.1. The summed E-state index contributed by atoms with van der Waals surface area (Å²) in [5.41, 5.74) is 1.12. The van der Waals surface area contributed by atoms with Crippen molar-refractivity contribution in [3.63, 3.8) is 0 Å². The highest BCUT2D eigenvalue weighted by Crippen LogP contribution is 2.29. The molecule has 1 aromatic carbocycles. The number of anilines is 1.